The van der Waals surface area contributed by atoms with Crippen LogP contribution in [0, 0.1) is 11.3 Å². The molecule has 1 heterocycles. The molecule has 0 aliphatic carbocycles. The number of thioether (sulfide) groups is 1. The molecule has 118 valence electrons. The fourth-order valence-corrected chi connectivity index (χ4v) is 4.97. The van der Waals surface area contributed by atoms with E-state index in [-0.39, 0.29) is 0 Å². The minimum absolute atomic E-state index is 0.407. The van der Waals surface area contributed by atoms with Crippen molar-refractivity contribution < 1.29 is 0 Å². The predicted octanol–water partition coefficient (Wildman–Crippen LogP) is 5.29. The molecule has 1 aliphatic rings. The molecule has 1 fully saturated rings. The molecule has 1 saturated heterocycles. The maximum atomic E-state index is 4.04. The molecule has 21 heavy (non-hydrogen) atoms. The van der Waals surface area contributed by atoms with E-state index in [0.29, 0.717) is 17.5 Å². The van der Waals surface area contributed by atoms with Crippen molar-refractivity contribution in [2.45, 2.75) is 59.0 Å². The highest BCUT2D eigenvalue weighted by Gasteiger charge is 2.35. The molecule has 0 radical (unpaired) electrons. The monoisotopic (exact) mass is 305 g/mol. The summed E-state index contributed by atoms with van der Waals surface area (Å²) in [5.41, 5.74) is 1.86. The number of benzene rings is 1. The molecule has 2 atom stereocenters. The predicted molar refractivity (Wildman–Crippen MR) is 95.9 cm³/mol. The zero-order valence-corrected chi connectivity index (χ0v) is 14.9. The van der Waals surface area contributed by atoms with Crippen LogP contribution in [0.1, 0.15) is 58.6 Å². The quantitative estimate of drug-likeness (QED) is 0.767. The van der Waals surface area contributed by atoms with Crippen molar-refractivity contribution in [2.24, 2.45) is 11.3 Å². The van der Waals surface area contributed by atoms with Crippen LogP contribution >= 0.6 is 11.8 Å². The van der Waals surface area contributed by atoms with Crippen molar-refractivity contribution in [3.8, 4) is 0 Å². The molecule has 0 amide bonds. The normalized spacial score (nSPS) is 23.2. The Morgan fingerprint density at radius 3 is 2.43 bits per heavy atom. The van der Waals surface area contributed by atoms with Crippen LogP contribution in [0.3, 0.4) is 0 Å². The van der Waals surface area contributed by atoms with E-state index in [2.05, 4.69) is 75.1 Å². The van der Waals surface area contributed by atoms with Gasteiger partial charge in [0, 0.05) is 17.8 Å². The highest BCUT2D eigenvalue weighted by Crippen LogP contribution is 2.37. The Kier molecular flexibility index (Phi) is 6.19. The fourth-order valence-electron chi connectivity index (χ4n) is 3.35. The maximum absolute atomic E-state index is 4.04. The van der Waals surface area contributed by atoms with E-state index >= 15 is 0 Å². The molecule has 1 aliphatic heterocycles. The van der Waals surface area contributed by atoms with E-state index in [1.165, 1.54) is 36.3 Å². The van der Waals surface area contributed by atoms with Crippen LogP contribution in [-0.4, -0.2) is 17.5 Å². The molecule has 2 rings (SSSR count). The number of nitrogens with one attached hydrogen (secondary N) is 1. The van der Waals surface area contributed by atoms with Gasteiger partial charge in [-0.25, -0.2) is 0 Å². The first-order chi connectivity index (χ1) is 10.1. The van der Waals surface area contributed by atoms with Gasteiger partial charge < -0.3 is 5.32 Å². The SMILES string of the molecule is CCC(CC)C(NC1CSCCC1(C)C)c1ccccc1. The van der Waals surface area contributed by atoms with Crippen molar-refractivity contribution in [1.82, 2.24) is 5.32 Å². The molecule has 2 heteroatoms. The van der Waals surface area contributed by atoms with E-state index in [9.17, 15) is 0 Å². The van der Waals surface area contributed by atoms with Crippen LogP contribution in [0.15, 0.2) is 30.3 Å². The van der Waals surface area contributed by atoms with Crippen LogP contribution in [0.2, 0.25) is 0 Å². The lowest BCUT2D eigenvalue weighted by molar-refractivity contribution is 0.200. The van der Waals surface area contributed by atoms with Gasteiger partial charge in [-0.15, -0.1) is 0 Å². The van der Waals surface area contributed by atoms with Crippen molar-refractivity contribution in [2.75, 3.05) is 11.5 Å². The van der Waals surface area contributed by atoms with Gasteiger partial charge >= 0.3 is 0 Å². The van der Waals surface area contributed by atoms with Crippen LogP contribution in [-0.2, 0) is 0 Å². The van der Waals surface area contributed by atoms with E-state index in [1.54, 1.807) is 0 Å². The van der Waals surface area contributed by atoms with Crippen molar-refractivity contribution in [1.29, 1.82) is 0 Å². The fraction of sp³-hybridized carbons (Fsp3) is 0.684. The first kappa shape index (κ1) is 16.9. The van der Waals surface area contributed by atoms with Crippen LogP contribution in [0.25, 0.3) is 0 Å². The highest BCUT2D eigenvalue weighted by molar-refractivity contribution is 7.99. The summed E-state index contributed by atoms with van der Waals surface area (Å²) in [4.78, 5) is 0. The molecular weight excluding hydrogens is 274 g/mol. The molecule has 1 aromatic rings. The third-order valence-corrected chi connectivity index (χ3v) is 6.24. The second-order valence-electron chi connectivity index (χ2n) is 7.00. The van der Waals surface area contributed by atoms with Gasteiger partial charge in [-0.05, 0) is 29.1 Å². The summed E-state index contributed by atoms with van der Waals surface area (Å²) in [5.74, 6) is 3.28. The smallest absolute Gasteiger partial charge is 0.0351 e. The zero-order chi connectivity index (χ0) is 15.3. The number of rotatable bonds is 6. The summed E-state index contributed by atoms with van der Waals surface area (Å²) in [6, 6.07) is 12.2. The third kappa shape index (κ3) is 4.26. The molecule has 0 spiro atoms. The molecular formula is C19H31NS. The van der Waals surface area contributed by atoms with E-state index in [4.69, 9.17) is 0 Å². The maximum Gasteiger partial charge on any atom is 0.0351 e. The van der Waals surface area contributed by atoms with E-state index in [1.807, 2.05) is 0 Å². The Morgan fingerprint density at radius 2 is 1.86 bits per heavy atom. The lowest BCUT2D eigenvalue weighted by Crippen LogP contribution is -2.49. The zero-order valence-electron chi connectivity index (χ0n) is 14.1. The molecule has 0 aromatic heterocycles. The molecule has 1 nitrogen and oxygen atoms in total. The van der Waals surface area contributed by atoms with Crippen LogP contribution in [0.5, 0.6) is 0 Å². The second-order valence-corrected chi connectivity index (χ2v) is 8.15. The minimum Gasteiger partial charge on any atom is -0.306 e. The summed E-state index contributed by atoms with van der Waals surface area (Å²) >= 11 is 2.11. The molecule has 2 unspecified atom stereocenters. The lowest BCUT2D eigenvalue weighted by atomic mass is 9.80. The van der Waals surface area contributed by atoms with Gasteiger partial charge in [-0.2, -0.15) is 11.8 Å². The highest BCUT2D eigenvalue weighted by atomic mass is 32.2. The Labute approximate surface area is 135 Å². The summed E-state index contributed by atoms with van der Waals surface area (Å²) in [6.07, 6.45) is 3.80. The Balaban J connectivity index is 2.19. The summed E-state index contributed by atoms with van der Waals surface area (Å²) in [5, 5.41) is 4.04. The van der Waals surface area contributed by atoms with Gasteiger partial charge in [0.05, 0.1) is 0 Å². The topological polar surface area (TPSA) is 12.0 Å². The standard InChI is InChI=1S/C19H31NS/c1-5-15(6-2)18(16-10-8-7-9-11-16)20-17-14-21-13-12-19(17,3)4/h7-11,15,17-18,20H,5-6,12-14H2,1-4H3. The van der Waals surface area contributed by atoms with Crippen LogP contribution in [0.4, 0.5) is 0 Å². The van der Waals surface area contributed by atoms with Gasteiger partial charge in [0.15, 0.2) is 0 Å². The number of hydrogen-bond donors (Lipinski definition) is 1. The summed E-state index contributed by atoms with van der Waals surface area (Å²) in [7, 11) is 0. The summed E-state index contributed by atoms with van der Waals surface area (Å²) in [6.45, 7) is 9.51. The largest absolute Gasteiger partial charge is 0.306 e. The van der Waals surface area contributed by atoms with Gasteiger partial charge in [0.25, 0.3) is 0 Å². The molecule has 0 saturated carbocycles. The molecule has 1 N–H and O–H groups in total. The van der Waals surface area contributed by atoms with Crippen molar-refractivity contribution >= 4 is 11.8 Å². The van der Waals surface area contributed by atoms with Gasteiger partial charge in [-0.1, -0.05) is 70.9 Å². The molecule has 0 bridgehead atoms. The van der Waals surface area contributed by atoms with Gasteiger partial charge in [0.1, 0.15) is 0 Å². The van der Waals surface area contributed by atoms with Crippen LogP contribution < -0.4 is 5.32 Å². The number of hydrogen-bond acceptors (Lipinski definition) is 2. The Hall–Kier alpha value is -0.470. The average molecular weight is 306 g/mol. The lowest BCUT2D eigenvalue weighted by Gasteiger charge is -2.42. The first-order valence-corrected chi connectivity index (χ1v) is 9.62. The Bertz CT molecular complexity index is 411. The van der Waals surface area contributed by atoms with E-state index < -0.39 is 0 Å². The third-order valence-electron chi connectivity index (χ3n) is 5.18. The first-order valence-electron chi connectivity index (χ1n) is 8.47. The van der Waals surface area contributed by atoms with Gasteiger partial charge in [-0.3, -0.25) is 0 Å². The van der Waals surface area contributed by atoms with Crippen molar-refractivity contribution in [3.63, 3.8) is 0 Å². The second kappa shape index (κ2) is 7.69. The summed E-state index contributed by atoms with van der Waals surface area (Å²) < 4.78 is 0. The average Bonchev–Trinajstić information content (AvgIpc) is 2.49. The Morgan fingerprint density at radius 1 is 1.19 bits per heavy atom. The molecule has 1 aromatic carbocycles. The van der Waals surface area contributed by atoms with Crippen molar-refractivity contribution in [3.05, 3.63) is 35.9 Å². The minimum atomic E-state index is 0.407. The van der Waals surface area contributed by atoms with E-state index in [0.717, 1.165) is 5.92 Å². The van der Waals surface area contributed by atoms with Gasteiger partial charge in [0.2, 0.25) is 0 Å².